The van der Waals surface area contributed by atoms with Crippen LogP contribution >= 0.6 is 0 Å². The molecule has 0 spiro atoms. The van der Waals surface area contributed by atoms with E-state index in [9.17, 15) is 0 Å². The number of rotatable bonds is 1. The zero-order valence-electron chi connectivity index (χ0n) is 18.4. The highest BCUT2D eigenvalue weighted by molar-refractivity contribution is 6.28. The van der Waals surface area contributed by atoms with E-state index < -0.39 is 0 Å². The largest absolute Gasteiger partial charge is 0.256 e. The molecular weight excluding hydrogens is 410 g/mol. The molecule has 156 valence electrons. The Bertz CT molecular complexity index is 1960. The van der Waals surface area contributed by atoms with Gasteiger partial charge in [-0.15, -0.1) is 0 Å². The Hall–Kier alpha value is -4.49. The van der Waals surface area contributed by atoms with Crippen LogP contribution in [0.25, 0.3) is 76.6 Å². The van der Waals surface area contributed by atoms with E-state index >= 15 is 0 Å². The lowest BCUT2D eigenvalue weighted by Gasteiger charge is -2.15. The van der Waals surface area contributed by atoms with Crippen LogP contribution in [-0.4, -0.2) is 4.98 Å². The minimum Gasteiger partial charge on any atom is -0.256 e. The zero-order chi connectivity index (χ0) is 22.2. The third kappa shape index (κ3) is 2.26. The van der Waals surface area contributed by atoms with E-state index in [0.717, 1.165) is 5.69 Å². The van der Waals surface area contributed by atoms with Gasteiger partial charge in [0.1, 0.15) is 0 Å². The van der Waals surface area contributed by atoms with E-state index in [1.54, 1.807) is 0 Å². The molecule has 7 aromatic rings. The molecule has 6 aromatic carbocycles. The lowest BCUT2D eigenvalue weighted by Crippen LogP contribution is -1.90. The van der Waals surface area contributed by atoms with Gasteiger partial charge in [0.25, 0.3) is 0 Å². The fourth-order valence-corrected chi connectivity index (χ4v) is 5.98. The second-order valence-electron chi connectivity index (χ2n) is 9.14. The van der Waals surface area contributed by atoms with Crippen molar-refractivity contribution < 1.29 is 0 Å². The molecule has 1 heterocycles. The minimum absolute atomic E-state index is 1.04. The Morgan fingerprint density at radius 2 is 1.00 bits per heavy atom. The molecule has 1 nitrogen and oxygen atoms in total. The molecule has 0 amide bonds. The number of fused-ring (bicyclic) bond motifs is 8. The van der Waals surface area contributed by atoms with Gasteiger partial charge in [0.15, 0.2) is 0 Å². The summed E-state index contributed by atoms with van der Waals surface area (Å²) in [5, 5.41) is 10.2. The van der Waals surface area contributed by atoms with Gasteiger partial charge in [-0.3, -0.25) is 4.98 Å². The van der Waals surface area contributed by atoms with Crippen LogP contribution in [0, 0.1) is 0 Å². The summed E-state index contributed by atoms with van der Waals surface area (Å²) in [6.45, 7) is 0. The van der Waals surface area contributed by atoms with Gasteiger partial charge in [0.05, 0.1) is 5.69 Å². The average molecular weight is 430 g/mol. The maximum atomic E-state index is 4.89. The molecule has 1 heteroatoms. The Morgan fingerprint density at radius 3 is 1.88 bits per heavy atom. The van der Waals surface area contributed by atoms with Gasteiger partial charge in [-0.2, -0.15) is 0 Å². The van der Waals surface area contributed by atoms with Gasteiger partial charge in [-0.05, 0) is 78.2 Å². The summed E-state index contributed by atoms with van der Waals surface area (Å²) < 4.78 is 0. The zero-order valence-corrected chi connectivity index (χ0v) is 18.4. The van der Waals surface area contributed by atoms with Crippen LogP contribution < -0.4 is 0 Å². The molecule has 0 bridgehead atoms. The van der Waals surface area contributed by atoms with E-state index in [0.29, 0.717) is 0 Å². The Kier molecular flexibility index (Phi) is 3.45. The Labute approximate surface area is 196 Å². The van der Waals surface area contributed by atoms with Crippen molar-refractivity contribution in [2.45, 2.75) is 0 Å². The molecule has 1 aromatic heterocycles. The molecule has 1 aliphatic carbocycles. The standard InChI is InChI=1S/C33H19N/c1-2-9-21-20(8-1)16-17-34-33(21)31-19-29-27-15-7-14-26-22-10-3-5-12-24(22)30(32(26)27)18-28(29)23-11-4-6-13-25(23)31/h1-19H. The highest BCUT2D eigenvalue weighted by Gasteiger charge is 2.23. The number of hydrogen-bond acceptors (Lipinski definition) is 1. The average Bonchev–Trinajstić information content (AvgIpc) is 3.23. The van der Waals surface area contributed by atoms with Crippen LogP contribution in [0.3, 0.4) is 0 Å². The summed E-state index contributed by atoms with van der Waals surface area (Å²) in [6, 6.07) is 39.7. The molecule has 0 fully saturated rings. The minimum atomic E-state index is 1.04. The number of nitrogens with zero attached hydrogens (tertiary/aromatic N) is 1. The van der Waals surface area contributed by atoms with Crippen LogP contribution in [0.2, 0.25) is 0 Å². The first kappa shape index (κ1) is 18.0. The van der Waals surface area contributed by atoms with Crippen molar-refractivity contribution in [1.29, 1.82) is 0 Å². The monoisotopic (exact) mass is 429 g/mol. The Balaban J connectivity index is 1.59. The van der Waals surface area contributed by atoms with Crippen LogP contribution in [-0.2, 0) is 0 Å². The predicted molar refractivity (Wildman–Crippen MR) is 144 cm³/mol. The first-order valence-electron chi connectivity index (χ1n) is 11.7. The summed E-state index contributed by atoms with van der Waals surface area (Å²) in [4.78, 5) is 4.89. The van der Waals surface area contributed by atoms with E-state index in [-0.39, 0.29) is 0 Å². The maximum absolute atomic E-state index is 4.89. The molecule has 8 rings (SSSR count). The van der Waals surface area contributed by atoms with Crippen molar-refractivity contribution in [2.75, 3.05) is 0 Å². The smallest absolute Gasteiger partial charge is 0.0786 e. The molecule has 0 unspecified atom stereocenters. The van der Waals surface area contributed by atoms with Crippen molar-refractivity contribution in [3.05, 3.63) is 115 Å². The van der Waals surface area contributed by atoms with Crippen LogP contribution in [0.1, 0.15) is 0 Å². The first-order valence-corrected chi connectivity index (χ1v) is 11.7. The second-order valence-corrected chi connectivity index (χ2v) is 9.14. The molecule has 0 saturated heterocycles. The van der Waals surface area contributed by atoms with E-state index in [4.69, 9.17) is 4.98 Å². The van der Waals surface area contributed by atoms with E-state index in [1.165, 1.54) is 70.9 Å². The van der Waals surface area contributed by atoms with Gasteiger partial charge >= 0.3 is 0 Å². The fourth-order valence-electron chi connectivity index (χ4n) is 5.98. The van der Waals surface area contributed by atoms with Gasteiger partial charge < -0.3 is 0 Å². The summed E-state index contributed by atoms with van der Waals surface area (Å²) >= 11 is 0. The number of aromatic nitrogens is 1. The van der Waals surface area contributed by atoms with Crippen molar-refractivity contribution >= 4 is 43.1 Å². The van der Waals surface area contributed by atoms with Crippen LogP contribution in [0.5, 0.6) is 0 Å². The van der Waals surface area contributed by atoms with Crippen molar-refractivity contribution in [1.82, 2.24) is 4.98 Å². The SMILES string of the molecule is c1ccc2c(c1)-c1cccc3c1c-2cc1c2ccccc2c(-c2nccc4ccccc24)cc31. The second kappa shape index (κ2) is 6.52. The van der Waals surface area contributed by atoms with Crippen molar-refractivity contribution in [2.24, 2.45) is 0 Å². The summed E-state index contributed by atoms with van der Waals surface area (Å²) in [5.41, 5.74) is 7.58. The van der Waals surface area contributed by atoms with Gasteiger partial charge in [0, 0.05) is 17.1 Å². The van der Waals surface area contributed by atoms with Crippen molar-refractivity contribution in [3.8, 4) is 33.5 Å². The lowest BCUT2D eigenvalue weighted by molar-refractivity contribution is 1.37. The van der Waals surface area contributed by atoms with Gasteiger partial charge in [-0.1, -0.05) is 91.0 Å². The summed E-state index contributed by atoms with van der Waals surface area (Å²) in [6.07, 6.45) is 1.93. The molecular formula is C33H19N. The number of benzene rings is 6. The third-order valence-corrected chi connectivity index (χ3v) is 7.44. The Morgan fingerprint density at radius 1 is 0.382 bits per heavy atom. The highest BCUT2D eigenvalue weighted by Crippen LogP contribution is 2.50. The van der Waals surface area contributed by atoms with E-state index in [1.807, 2.05) is 6.20 Å². The molecule has 1 aliphatic rings. The van der Waals surface area contributed by atoms with Crippen molar-refractivity contribution in [3.63, 3.8) is 0 Å². The number of pyridine rings is 1. The van der Waals surface area contributed by atoms with Crippen LogP contribution in [0.4, 0.5) is 0 Å². The van der Waals surface area contributed by atoms with Gasteiger partial charge in [-0.25, -0.2) is 0 Å². The summed E-state index contributed by atoms with van der Waals surface area (Å²) in [7, 11) is 0. The molecule has 0 N–H and O–H groups in total. The highest BCUT2D eigenvalue weighted by atomic mass is 14.7. The lowest BCUT2D eigenvalue weighted by atomic mass is 9.89. The van der Waals surface area contributed by atoms with Crippen LogP contribution in [0.15, 0.2) is 115 Å². The predicted octanol–water partition coefficient (Wildman–Crippen LogP) is 9.01. The molecule has 0 saturated carbocycles. The maximum Gasteiger partial charge on any atom is 0.0786 e. The number of hydrogen-bond donors (Lipinski definition) is 0. The quantitative estimate of drug-likeness (QED) is 0.237. The topological polar surface area (TPSA) is 12.9 Å². The molecule has 0 aliphatic heterocycles. The summed E-state index contributed by atoms with van der Waals surface area (Å²) in [5.74, 6) is 0. The normalized spacial score (nSPS) is 12.1. The molecule has 0 radical (unpaired) electrons. The third-order valence-electron chi connectivity index (χ3n) is 7.44. The molecule has 0 atom stereocenters. The van der Waals surface area contributed by atoms with Gasteiger partial charge in [0.2, 0.25) is 0 Å². The van der Waals surface area contributed by atoms with E-state index in [2.05, 4.69) is 109 Å². The fraction of sp³-hybridized carbons (Fsp3) is 0. The molecule has 34 heavy (non-hydrogen) atoms. The first-order chi connectivity index (χ1) is 16.9.